The van der Waals surface area contributed by atoms with Crippen molar-refractivity contribution < 1.29 is 9.59 Å². The molecule has 1 atom stereocenters. The van der Waals surface area contributed by atoms with Gasteiger partial charge in [0.15, 0.2) is 11.5 Å². The predicted octanol–water partition coefficient (Wildman–Crippen LogP) is -1.64. The molecule has 0 bridgehead atoms. The first-order valence-corrected chi connectivity index (χ1v) is 6.42. The summed E-state index contributed by atoms with van der Waals surface area (Å²) in [4.78, 5) is 25.2. The van der Waals surface area contributed by atoms with Crippen molar-refractivity contribution in [2.75, 3.05) is 38.6 Å². The van der Waals surface area contributed by atoms with E-state index in [9.17, 15) is 9.59 Å². The standard InChI is InChI=1S/C12H18N6O2/c1-13-11(19)8-3-4-10(17-16-8)18-6-5-15-7-9(18)12(20)14-2/h3-4,9,15H,5-7H2,1-2H3,(H,13,19)(H,14,20). The van der Waals surface area contributed by atoms with Gasteiger partial charge in [-0.15, -0.1) is 10.2 Å². The number of carbonyl (C=O) groups is 2. The van der Waals surface area contributed by atoms with Crippen molar-refractivity contribution in [3.63, 3.8) is 0 Å². The first-order valence-electron chi connectivity index (χ1n) is 6.42. The number of hydrogen-bond acceptors (Lipinski definition) is 6. The summed E-state index contributed by atoms with van der Waals surface area (Å²) in [5.74, 6) is 0.231. The third-order valence-electron chi connectivity index (χ3n) is 3.20. The molecule has 2 rings (SSSR count). The Hall–Kier alpha value is -2.22. The highest BCUT2D eigenvalue weighted by Gasteiger charge is 2.29. The molecule has 1 aromatic heterocycles. The summed E-state index contributed by atoms with van der Waals surface area (Å²) in [6, 6.07) is 2.98. The van der Waals surface area contributed by atoms with E-state index in [0.717, 1.165) is 6.54 Å². The van der Waals surface area contributed by atoms with Gasteiger partial charge in [0.25, 0.3) is 5.91 Å². The smallest absolute Gasteiger partial charge is 0.271 e. The minimum absolute atomic E-state index is 0.0747. The van der Waals surface area contributed by atoms with Gasteiger partial charge < -0.3 is 20.9 Å². The molecule has 8 nitrogen and oxygen atoms in total. The number of anilines is 1. The van der Waals surface area contributed by atoms with Crippen LogP contribution >= 0.6 is 0 Å². The Morgan fingerprint density at radius 1 is 1.30 bits per heavy atom. The van der Waals surface area contributed by atoms with Gasteiger partial charge in [-0.2, -0.15) is 0 Å². The van der Waals surface area contributed by atoms with Crippen LogP contribution in [0.5, 0.6) is 0 Å². The van der Waals surface area contributed by atoms with Crippen LogP contribution in [0.2, 0.25) is 0 Å². The molecule has 1 unspecified atom stereocenters. The number of nitrogens with zero attached hydrogens (tertiary/aromatic N) is 3. The molecule has 3 N–H and O–H groups in total. The minimum Gasteiger partial charge on any atom is -0.357 e. The average Bonchev–Trinajstić information content (AvgIpc) is 2.53. The highest BCUT2D eigenvalue weighted by atomic mass is 16.2. The Labute approximate surface area is 116 Å². The van der Waals surface area contributed by atoms with Gasteiger partial charge in [-0.25, -0.2) is 0 Å². The second kappa shape index (κ2) is 6.29. The molecular weight excluding hydrogens is 260 g/mol. The summed E-state index contributed by atoms with van der Waals surface area (Å²) >= 11 is 0. The molecule has 8 heteroatoms. The molecule has 2 heterocycles. The Morgan fingerprint density at radius 2 is 2.10 bits per heavy atom. The maximum Gasteiger partial charge on any atom is 0.271 e. The lowest BCUT2D eigenvalue weighted by Crippen LogP contribution is -2.58. The SMILES string of the molecule is CNC(=O)c1ccc(N2CCNCC2C(=O)NC)nn1. The number of aromatic nitrogens is 2. The zero-order valence-electron chi connectivity index (χ0n) is 11.5. The topological polar surface area (TPSA) is 99.2 Å². The van der Waals surface area contributed by atoms with Crippen LogP contribution in [0.15, 0.2) is 12.1 Å². The fraction of sp³-hybridized carbons (Fsp3) is 0.500. The van der Waals surface area contributed by atoms with E-state index in [1.54, 1.807) is 19.2 Å². The van der Waals surface area contributed by atoms with E-state index in [1.165, 1.54) is 7.05 Å². The lowest BCUT2D eigenvalue weighted by Gasteiger charge is -2.35. The molecule has 2 amide bonds. The average molecular weight is 278 g/mol. The van der Waals surface area contributed by atoms with Gasteiger partial charge in [0.2, 0.25) is 5.91 Å². The van der Waals surface area contributed by atoms with E-state index in [4.69, 9.17) is 0 Å². The monoisotopic (exact) mass is 278 g/mol. The fourth-order valence-corrected chi connectivity index (χ4v) is 2.11. The maximum atomic E-state index is 11.9. The maximum absolute atomic E-state index is 11.9. The molecule has 0 aliphatic carbocycles. The Morgan fingerprint density at radius 3 is 2.70 bits per heavy atom. The van der Waals surface area contributed by atoms with Crippen LogP contribution in [0.3, 0.4) is 0 Å². The predicted molar refractivity (Wildman–Crippen MR) is 73.5 cm³/mol. The summed E-state index contributed by atoms with van der Waals surface area (Å²) in [6.07, 6.45) is 0. The number of nitrogens with one attached hydrogen (secondary N) is 3. The summed E-state index contributed by atoms with van der Waals surface area (Å²) in [5.41, 5.74) is 0.253. The number of carbonyl (C=O) groups excluding carboxylic acids is 2. The molecular formula is C12H18N6O2. The molecule has 0 spiro atoms. The van der Waals surface area contributed by atoms with E-state index in [-0.39, 0.29) is 23.6 Å². The molecule has 0 radical (unpaired) electrons. The van der Waals surface area contributed by atoms with Crippen LogP contribution < -0.4 is 20.9 Å². The van der Waals surface area contributed by atoms with E-state index in [0.29, 0.717) is 18.9 Å². The van der Waals surface area contributed by atoms with Crippen molar-refractivity contribution in [1.82, 2.24) is 26.1 Å². The van der Waals surface area contributed by atoms with Crippen molar-refractivity contribution >= 4 is 17.6 Å². The molecule has 20 heavy (non-hydrogen) atoms. The number of amides is 2. The molecule has 0 saturated carbocycles. The highest BCUT2D eigenvalue weighted by Crippen LogP contribution is 2.15. The lowest BCUT2D eigenvalue weighted by atomic mass is 10.1. The van der Waals surface area contributed by atoms with Crippen molar-refractivity contribution in [3.05, 3.63) is 17.8 Å². The van der Waals surface area contributed by atoms with Crippen LogP contribution in [-0.4, -0.2) is 61.8 Å². The highest BCUT2D eigenvalue weighted by molar-refractivity contribution is 5.92. The molecule has 108 valence electrons. The molecule has 1 fully saturated rings. The van der Waals surface area contributed by atoms with Gasteiger partial charge in [-0.1, -0.05) is 0 Å². The van der Waals surface area contributed by atoms with Crippen LogP contribution in [0.4, 0.5) is 5.82 Å². The number of likely N-dealkylation sites (N-methyl/N-ethyl adjacent to an activating group) is 1. The van der Waals surface area contributed by atoms with Gasteiger partial charge in [-0.05, 0) is 12.1 Å². The number of rotatable bonds is 3. The fourth-order valence-electron chi connectivity index (χ4n) is 2.11. The first-order chi connectivity index (χ1) is 9.67. The Kier molecular flexibility index (Phi) is 4.46. The largest absolute Gasteiger partial charge is 0.357 e. The Balaban J connectivity index is 2.20. The van der Waals surface area contributed by atoms with Crippen LogP contribution in [0.1, 0.15) is 10.5 Å². The van der Waals surface area contributed by atoms with Crippen molar-refractivity contribution in [1.29, 1.82) is 0 Å². The quantitative estimate of drug-likeness (QED) is 0.613. The second-order valence-corrected chi connectivity index (χ2v) is 4.38. The van der Waals surface area contributed by atoms with Gasteiger partial charge in [0.05, 0.1) is 0 Å². The minimum atomic E-state index is -0.325. The normalized spacial score (nSPS) is 18.5. The summed E-state index contributed by atoms with van der Waals surface area (Å²) < 4.78 is 0. The molecule has 1 aliphatic rings. The van der Waals surface area contributed by atoms with Gasteiger partial charge in [0, 0.05) is 33.7 Å². The van der Waals surface area contributed by atoms with Crippen molar-refractivity contribution in [2.24, 2.45) is 0 Å². The third kappa shape index (κ3) is 2.85. The third-order valence-corrected chi connectivity index (χ3v) is 3.20. The number of piperazine rings is 1. The molecule has 1 saturated heterocycles. The molecule has 1 aromatic rings. The van der Waals surface area contributed by atoms with E-state index in [2.05, 4.69) is 26.1 Å². The van der Waals surface area contributed by atoms with Crippen LogP contribution in [0.25, 0.3) is 0 Å². The first kappa shape index (κ1) is 14.2. The van der Waals surface area contributed by atoms with Crippen LogP contribution in [0, 0.1) is 0 Å². The van der Waals surface area contributed by atoms with E-state index in [1.807, 2.05) is 4.90 Å². The van der Waals surface area contributed by atoms with Crippen molar-refractivity contribution in [2.45, 2.75) is 6.04 Å². The summed E-state index contributed by atoms with van der Waals surface area (Å²) in [6.45, 7) is 1.98. The molecule has 1 aliphatic heterocycles. The van der Waals surface area contributed by atoms with Gasteiger partial charge in [0.1, 0.15) is 6.04 Å². The zero-order chi connectivity index (χ0) is 14.5. The van der Waals surface area contributed by atoms with Gasteiger partial charge in [-0.3, -0.25) is 9.59 Å². The summed E-state index contributed by atoms with van der Waals surface area (Å²) in [7, 11) is 3.14. The Bertz CT molecular complexity index is 489. The van der Waals surface area contributed by atoms with Crippen molar-refractivity contribution in [3.8, 4) is 0 Å². The van der Waals surface area contributed by atoms with E-state index < -0.39 is 0 Å². The van der Waals surface area contributed by atoms with Crippen LogP contribution in [-0.2, 0) is 4.79 Å². The summed E-state index contributed by atoms with van der Waals surface area (Å²) in [5, 5.41) is 16.2. The number of hydrogen-bond donors (Lipinski definition) is 3. The van der Waals surface area contributed by atoms with Gasteiger partial charge >= 0.3 is 0 Å². The lowest BCUT2D eigenvalue weighted by molar-refractivity contribution is -0.122. The van der Waals surface area contributed by atoms with E-state index >= 15 is 0 Å². The second-order valence-electron chi connectivity index (χ2n) is 4.38. The molecule has 0 aromatic carbocycles. The zero-order valence-corrected chi connectivity index (χ0v) is 11.5.